The van der Waals surface area contributed by atoms with Gasteiger partial charge in [-0.05, 0) is 42.5 Å². The molecule has 1 saturated carbocycles. The second-order valence-electron chi connectivity index (χ2n) is 5.00. The lowest BCUT2D eigenvalue weighted by atomic mass is 10.1. The molecule has 0 aromatic heterocycles. The summed E-state index contributed by atoms with van der Waals surface area (Å²) in [4.78, 5) is 12.1. The van der Waals surface area contributed by atoms with E-state index < -0.39 is 0 Å². The molecule has 1 aliphatic heterocycles. The molecule has 2 atom stereocenters. The van der Waals surface area contributed by atoms with Crippen molar-refractivity contribution in [3.63, 3.8) is 0 Å². The number of halogens is 1. The van der Waals surface area contributed by atoms with Gasteiger partial charge in [-0.15, -0.1) is 11.6 Å². The summed E-state index contributed by atoms with van der Waals surface area (Å²) in [5.41, 5.74) is 3.01. The number of nitrogens with one attached hydrogen (secondary N) is 1. The quantitative estimate of drug-likeness (QED) is 0.835. The number of carbonyl (C=O) groups is 1. The Labute approximate surface area is 111 Å². The molecule has 2 aliphatic rings. The zero-order valence-corrected chi connectivity index (χ0v) is 10.9. The molecular weight excluding hydrogens is 250 g/mol. The molecule has 3 rings (SSSR count). The molecular formula is C14H16ClNO2. The van der Waals surface area contributed by atoms with Crippen molar-refractivity contribution in [1.82, 2.24) is 5.32 Å². The molecule has 2 unspecified atom stereocenters. The van der Waals surface area contributed by atoms with Gasteiger partial charge in [0.05, 0.1) is 18.6 Å². The highest BCUT2D eigenvalue weighted by Gasteiger charge is 2.27. The molecule has 0 bridgehead atoms. The topological polar surface area (TPSA) is 38.3 Å². The Hall–Kier alpha value is -1.06. The van der Waals surface area contributed by atoms with Crippen molar-refractivity contribution in [3.8, 4) is 0 Å². The second-order valence-corrected chi connectivity index (χ2v) is 5.56. The summed E-state index contributed by atoms with van der Waals surface area (Å²) in [5.74, 6) is -0.0257. The number of rotatable bonds is 2. The van der Waals surface area contributed by atoms with Gasteiger partial charge >= 0.3 is 0 Å². The van der Waals surface area contributed by atoms with E-state index in [4.69, 9.17) is 16.3 Å². The molecule has 1 aliphatic carbocycles. The van der Waals surface area contributed by atoms with E-state index in [-0.39, 0.29) is 17.3 Å². The van der Waals surface area contributed by atoms with Crippen LogP contribution in [0.5, 0.6) is 0 Å². The van der Waals surface area contributed by atoms with Gasteiger partial charge in [-0.3, -0.25) is 4.79 Å². The summed E-state index contributed by atoms with van der Waals surface area (Å²) in [7, 11) is 0. The predicted molar refractivity (Wildman–Crippen MR) is 69.7 cm³/mol. The van der Waals surface area contributed by atoms with E-state index in [1.54, 1.807) is 0 Å². The molecule has 4 heteroatoms. The van der Waals surface area contributed by atoms with Crippen LogP contribution in [-0.2, 0) is 18.0 Å². The van der Waals surface area contributed by atoms with Crippen molar-refractivity contribution >= 4 is 17.5 Å². The van der Waals surface area contributed by atoms with Crippen LogP contribution in [0.2, 0.25) is 0 Å². The summed E-state index contributed by atoms with van der Waals surface area (Å²) < 4.78 is 5.35. The second kappa shape index (κ2) is 4.90. The van der Waals surface area contributed by atoms with Crippen LogP contribution in [0.4, 0.5) is 0 Å². The van der Waals surface area contributed by atoms with Crippen LogP contribution < -0.4 is 5.32 Å². The SMILES string of the molecule is O=C(NC1CCCC1Cl)c1ccc2c(c1)COC2. The Morgan fingerprint density at radius 3 is 2.89 bits per heavy atom. The highest BCUT2D eigenvalue weighted by atomic mass is 35.5. The molecule has 1 N–H and O–H groups in total. The van der Waals surface area contributed by atoms with E-state index in [1.165, 1.54) is 5.56 Å². The maximum Gasteiger partial charge on any atom is 0.251 e. The van der Waals surface area contributed by atoms with E-state index in [2.05, 4.69) is 5.32 Å². The zero-order valence-electron chi connectivity index (χ0n) is 10.1. The molecule has 1 aromatic rings. The minimum atomic E-state index is -0.0257. The molecule has 96 valence electrons. The van der Waals surface area contributed by atoms with Crippen LogP contribution in [0.1, 0.15) is 40.7 Å². The number of ether oxygens (including phenoxy) is 1. The van der Waals surface area contributed by atoms with Gasteiger partial charge in [-0.2, -0.15) is 0 Å². The fourth-order valence-electron chi connectivity index (χ4n) is 2.64. The summed E-state index contributed by atoms with van der Waals surface area (Å²) in [6, 6.07) is 5.88. The molecule has 18 heavy (non-hydrogen) atoms. The molecule has 1 heterocycles. The smallest absolute Gasteiger partial charge is 0.251 e. The van der Waals surface area contributed by atoms with Crippen LogP contribution in [0.3, 0.4) is 0 Å². The minimum Gasteiger partial charge on any atom is -0.372 e. The summed E-state index contributed by atoms with van der Waals surface area (Å²) >= 11 is 6.17. The number of amides is 1. The molecule has 0 saturated heterocycles. The third-order valence-corrected chi connectivity index (χ3v) is 4.25. The van der Waals surface area contributed by atoms with Gasteiger partial charge < -0.3 is 10.1 Å². The lowest BCUT2D eigenvalue weighted by molar-refractivity contribution is 0.0938. The Morgan fingerprint density at radius 1 is 1.28 bits per heavy atom. The Morgan fingerprint density at radius 2 is 2.11 bits per heavy atom. The molecule has 0 radical (unpaired) electrons. The first-order valence-electron chi connectivity index (χ1n) is 6.38. The molecule has 3 nitrogen and oxygen atoms in total. The summed E-state index contributed by atoms with van der Waals surface area (Å²) in [6.45, 7) is 1.27. The van der Waals surface area contributed by atoms with E-state index in [1.807, 2.05) is 18.2 Å². The van der Waals surface area contributed by atoms with E-state index in [9.17, 15) is 4.79 Å². The van der Waals surface area contributed by atoms with Crippen LogP contribution >= 0.6 is 11.6 Å². The van der Waals surface area contributed by atoms with Gasteiger partial charge in [0.2, 0.25) is 0 Å². The number of hydrogen-bond donors (Lipinski definition) is 1. The average Bonchev–Trinajstić information content (AvgIpc) is 2.98. The highest BCUT2D eigenvalue weighted by molar-refractivity contribution is 6.21. The largest absolute Gasteiger partial charge is 0.372 e. The maximum absolute atomic E-state index is 12.1. The van der Waals surface area contributed by atoms with Gasteiger partial charge in [0.15, 0.2) is 0 Å². The van der Waals surface area contributed by atoms with Crippen LogP contribution in [0.25, 0.3) is 0 Å². The highest BCUT2D eigenvalue weighted by Crippen LogP contribution is 2.25. The number of hydrogen-bond acceptors (Lipinski definition) is 2. The standard InChI is InChI=1S/C14H16ClNO2/c15-12-2-1-3-13(12)16-14(17)9-4-5-10-7-18-8-11(10)6-9/h4-6,12-13H,1-3,7-8H2,(H,16,17). The van der Waals surface area contributed by atoms with Gasteiger partial charge in [0, 0.05) is 11.6 Å². The van der Waals surface area contributed by atoms with Crippen molar-refractivity contribution < 1.29 is 9.53 Å². The van der Waals surface area contributed by atoms with Gasteiger partial charge in [0.1, 0.15) is 0 Å². The van der Waals surface area contributed by atoms with Crippen molar-refractivity contribution in [2.24, 2.45) is 0 Å². The van der Waals surface area contributed by atoms with Crippen molar-refractivity contribution in [2.45, 2.75) is 43.9 Å². The summed E-state index contributed by atoms with van der Waals surface area (Å²) in [5, 5.41) is 3.10. The zero-order chi connectivity index (χ0) is 12.5. The Balaban J connectivity index is 1.72. The van der Waals surface area contributed by atoms with Gasteiger partial charge in [0.25, 0.3) is 5.91 Å². The summed E-state index contributed by atoms with van der Waals surface area (Å²) in [6.07, 6.45) is 3.07. The predicted octanol–water partition coefficient (Wildman–Crippen LogP) is 2.61. The van der Waals surface area contributed by atoms with E-state index in [0.29, 0.717) is 18.8 Å². The monoisotopic (exact) mass is 265 g/mol. The molecule has 1 amide bonds. The van der Waals surface area contributed by atoms with Crippen LogP contribution in [0.15, 0.2) is 18.2 Å². The van der Waals surface area contributed by atoms with Gasteiger partial charge in [-0.1, -0.05) is 6.07 Å². The maximum atomic E-state index is 12.1. The molecule has 0 spiro atoms. The number of alkyl halides is 1. The fourth-order valence-corrected chi connectivity index (χ4v) is 2.99. The number of carbonyl (C=O) groups excluding carboxylic acids is 1. The normalized spacial score (nSPS) is 26.1. The Bertz CT molecular complexity index is 475. The van der Waals surface area contributed by atoms with E-state index in [0.717, 1.165) is 24.8 Å². The fraction of sp³-hybridized carbons (Fsp3) is 0.500. The van der Waals surface area contributed by atoms with Crippen LogP contribution in [-0.4, -0.2) is 17.3 Å². The third-order valence-electron chi connectivity index (χ3n) is 3.73. The van der Waals surface area contributed by atoms with Crippen LogP contribution in [0, 0.1) is 0 Å². The molecule has 1 fully saturated rings. The lowest BCUT2D eigenvalue weighted by Crippen LogP contribution is -2.37. The minimum absolute atomic E-state index is 0.0257. The average molecular weight is 266 g/mol. The third kappa shape index (κ3) is 2.25. The van der Waals surface area contributed by atoms with E-state index >= 15 is 0 Å². The number of benzene rings is 1. The first-order chi connectivity index (χ1) is 8.74. The molecule has 1 aromatic carbocycles. The first-order valence-corrected chi connectivity index (χ1v) is 6.82. The van der Waals surface area contributed by atoms with Crippen molar-refractivity contribution in [3.05, 3.63) is 34.9 Å². The van der Waals surface area contributed by atoms with Crippen molar-refractivity contribution in [1.29, 1.82) is 0 Å². The van der Waals surface area contributed by atoms with Gasteiger partial charge in [-0.25, -0.2) is 0 Å². The lowest BCUT2D eigenvalue weighted by Gasteiger charge is -2.16. The Kier molecular flexibility index (Phi) is 3.27. The first kappa shape index (κ1) is 12.0. The van der Waals surface area contributed by atoms with Crippen molar-refractivity contribution in [2.75, 3.05) is 0 Å². The number of fused-ring (bicyclic) bond motifs is 1.